The number of rotatable bonds is 9. The van der Waals surface area contributed by atoms with Crippen LogP contribution in [-0.2, 0) is 23.2 Å². The average Bonchev–Trinajstić information content (AvgIpc) is 2.29. The van der Waals surface area contributed by atoms with Crippen LogP contribution in [0.3, 0.4) is 0 Å². The van der Waals surface area contributed by atoms with Gasteiger partial charge in [-0.25, -0.2) is 0 Å². The Kier molecular flexibility index (Phi) is 7.82. The van der Waals surface area contributed by atoms with Crippen LogP contribution in [0.1, 0.15) is 20.8 Å². The normalized spacial score (nSPS) is 12.9. The van der Waals surface area contributed by atoms with Gasteiger partial charge in [0.15, 0.2) is 0 Å². The van der Waals surface area contributed by atoms with Crippen LogP contribution < -0.4 is 5.32 Å². The van der Waals surface area contributed by atoms with E-state index in [4.69, 9.17) is 9.05 Å². The first kappa shape index (κ1) is 17.1. The number of carbonyl (C=O) groups is 2. The van der Waals surface area contributed by atoms with Gasteiger partial charge in [-0.15, -0.1) is 0 Å². The molecule has 0 aromatic carbocycles. The van der Waals surface area contributed by atoms with Crippen molar-refractivity contribution in [1.29, 1.82) is 0 Å². The summed E-state index contributed by atoms with van der Waals surface area (Å²) in [7, 11) is -2.35. The Morgan fingerprint density at radius 3 is 2.17 bits per heavy atom. The lowest BCUT2D eigenvalue weighted by atomic mass is 10.5. The van der Waals surface area contributed by atoms with E-state index in [-0.39, 0.29) is 13.2 Å². The van der Waals surface area contributed by atoms with Crippen LogP contribution in [0.2, 0.25) is 0 Å². The molecule has 0 aliphatic rings. The summed E-state index contributed by atoms with van der Waals surface area (Å²) in [6, 6.07) is 0. The van der Waals surface area contributed by atoms with E-state index in [0.29, 0.717) is 13.0 Å². The lowest BCUT2D eigenvalue weighted by Crippen LogP contribution is -2.45. The predicted molar refractivity (Wildman–Crippen MR) is 67.2 cm³/mol. The van der Waals surface area contributed by atoms with Gasteiger partial charge in [-0.2, -0.15) is 0 Å². The van der Waals surface area contributed by atoms with Gasteiger partial charge in [-0.1, -0.05) is 0 Å². The number of amides is 2. The van der Waals surface area contributed by atoms with Gasteiger partial charge in [-0.05, 0) is 20.8 Å². The van der Waals surface area contributed by atoms with Crippen molar-refractivity contribution in [1.82, 2.24) is 10.2 Å². The highest BCUT2D eigenvalue weighted by Crippen LogP contribution is 2.53. The Hall–Kier alpha value is -0.910. The minimum Gasteiger partial charge on any atom is -0.354 e. The third kappa shape index (κ3) is 4.40. The van der Waals surface area contributed by atoms with Crippen molar-refractivity contribution in [2.45, 2.75) is 26.6 Å². The molecular formula is C10H21N2O5P. The molecule has 8 heteroatoms. The van der Waals surface area contributed by atoms with Gasteiger partial charge in [0, 0.05) is 13.6 Å². The molecule has 0 saturated heterocycles. The summed E-state index contributed by atoms with van der Waals surface area (Å²) in [6.45, 7) is 5.62. The van der Waals surface area contributed by atoms with Crippen LogP contribution in [0.4, 0.5) is 0 Å². The number of nitrogens with zero attached hydrogens (tertiary/aromatic N) is 1. The van der Waals surface area contributed by atoms with E-state index >= 15 is 0 Å². The molecule has 0 aromatic heterocycles. The summed E-state index contributed by atoms with van der Waals surface area (Å²) >= 11 is 0. The topological polar surface area (TPSA) is 84.9 Å². The zero-order valence-electron chi connectivity index (χ0n) is 11.2. The Morgan fingerprint density at radius 2 is 1.83 bits per heavy atom. The van der Waals surface area contributed by atoms with Crippen LogP contribution in [-0.4, -0.2) is 49.8 Å². The maximum absolute atomic E-state index is 12.5. The summed E-state index contributed by atoms with van der Waals surface area (Å²) in [5.41, 5.74) is 0. The van der Waals surface area contributed by atoms with Crippen molar-refractivity contribution < 1.29 is 23.2 Å². The van der Waals surface area contributed by atoms with Crippen LogP contribution in [0.5, 0.6) is 0 Å². The second-order valence-electron chi connectivity index (χ2n) is 3.41. The average molecular weight is 280 g/mol. The van der Waals surface area contributed by atoms with E-state index in [1.54, 1.807) is 20.8 Å². The van der Waals surface area contributed by atoms with Crippen LogP contribution >= 0.6 is 7.60 Å². The fraction of sp³-hybridized carbons (Fsp3) is 0.800. The van der Waals surface area contributed by atoms with Gasteiger partial charge in [0.1, 0.15) is 0 Å². The van der Waals surface area contributed by atoms with Crippen molar-refractivity contribution in [3.63, 3.8) is 0 Å². The van der Waals surface area contributed by atoms with E-state index in [9.17, 15) is 14.2 Å². The molecule has 0 spiro atoms. The molecule has 18 heavy (non-hydrogen) atoms. The molecule has 0 aliphatic heterocycles. The van der Waals surface area contributed by atoms with Crippen LogP contribution in [0, 0.1) is 0 Å². The van der Waals surface area contributed by atoms with Crippen LogP contribution in [0.15, 0.2) is 0 Å². The molecule has 0 saturated carbocycles. The Morgan fingerprint density at radius 1 is 1.33 bits per heavy atom. The van der Waals surface area contributed by atoms with Gasteiger partial charge in [0.25, 0.3) is 5.91 Å². The number of carbonyl (C=O) groups excluding carboxylic acids is 2. The second-order valence-corrected chi connectivity index (χ2v) is 5.50. The van der Waals surface area contributed by atoms with Crippen LogP contribution in [0.25, 0.3) is 0 Å². The van der Waals surface area contributed by atoms with E-state index in [1.165, 1.54) is 7.05 Å². The lowest BCUT2D eigenvalue weighted by Gasteiger charge is -2.29. The predicted octanol–water partition coefficient (Wildman–Crippen LogP) is 0.803. The summed E-state index contributed by atoms with van der Waals surface area (Å²) < 4.78 is 22.7. The first-order valence-corrected chi connectivity index (χ1v) is 7.41. The first-order chi connectivity index (χ1) is 8.46. The molecule has 0 bridgehead atoms. The summed E-state index contributed by atoms with van der Waals surface area (Å²) in [5, 5.41) is 2.51. The number of nitrogens with one attached hydrogen (secondary N) is 1. The first-order valence-electron chi connectivity index (χ1n) is 5.80. The fourth-order valence-corrected chi connectivity index (χ4v) is 3.37. The van der Waals surface area contributed by atoms with Crippen molar-refractivity contribution in [2.24, 2.45) is 0 Å². The molecule has 1 atom stereocenters. The number of hydrogen-bond donors (Lipinski definition) is 1. The SMILES string of the molecule is CCNC(=O)C(N(C)C=O)P(=O)(OCC)OCC. The highest BCUT2D eigenvalue weighted by atomic mass is 31.2. The van der Waals surface area contributed by atoms with E-state index in [1.807, 2.05) is 0 Å². The highest BCUT2D eigenvalue weighted by molar-refractivity contribution is 7.55. The molecule has 1 unspecified atom stereocenters. The molecule has 0 radical (unpaired) electrons. The molecule has 7 nitrogen and oxygen atoms in total. The number of likely N-dealkylation sites (N-methyl/N-ethyl adjacent to an activating group) is 2. The zero-order valence-corrected chi connectivity index (χ0v) is 12.1. The minimum absolute atomic E-state index is 0.125. The molecule has 0 aliphatic carbocycles. The highest BCUT2D eigenvalue weighted by Gasteiger charge is 2.43. The third-order valence-corrected chi connectivity index (χ3v) is 4.49. The molecular weight excluding hydrogens is 259 g/mol. The molecule has 0 rings (SSSR count). The zero-order chi connectivity index (χ0) is 14.2. The Bertz CT molecular complexity index is 313. The molecule has 106 valence electrons. The van der Waals surface area contributed by atoms with Gasteiger partial charge >= 0.3 is 7.60 Å². The smallest absolute Gasteiger partial charge is 0.354 e. The molecule has 0 heterocycles. The minimum atomic E-state index is -3.71. The summed E-state index contributed by atoms with van der Waals surface area (Å²) in [5.74, 6) is -1.83. The summed E-state index contributed by atoms with van der Waals surface area (Å²) in [4.78, 5) is 23.7. The number of hydrogen-bond acceptors (Lipinski definition) is 5. The van der Waals surface area contributed by atoms with Gasteiger partial charge < -0.3 is 19.3 Å². The molecule has 0 fully saturated rings. The van der Waals surface area contributed by atoms with Crippen molar-refractivity contribution in [3.05, 3.63) is 0 Å². The molecule has 2 amide bonds. The van der Waals surface area contributed by atoms with Gasteiger partial charge in [-0.3, -0.25) is 14.2 Å². The quantitative estimate of drug-likeness (QED) is 0.499. The Balaban J connectivity index is 5.28. The summed E-state index contributed by atoms with van der Waals surface area (Å²) in [6.07, 6.45) is 0.421. The van der Waals surface area contributed by atoms with Gasteiger partial charge in [0.05, 0.1) is 13.2 Å². The third-order valence-electron chi connectivity index (χ3n) is 2.06. The van der Waals surface area contributed by atoms with Crippen molar-refractivity contribution in [3.8, 4) is 0 Å². The maximum atomic E-state index is 12.5. The van der Waals surface area contributed by atoms with Gasteiger partial charge in [0.2, 0.25) is 12.2 Å². The molecule has 1 N–H and O–H groups in total. The lowest BCUT2D eigenvalue weighted by molar-refractivity contribution is -0.129. The van der Waals surface area contributed by atoms with E-state index in [2.05, 4.69) is 5.32 Å². The molecule has 0 aromatic rings. The maximum Gasteiger partial charge on any atom is 0.362 e. The van der Waals surface area contributed by atoms with Crippen molar-refractivity contribution in [2.75, 3.05) is 26.8 Å². The largest absolute Gasteiger partial charge is 0.362 e. The second kappa shape index (κ2) is 8.24. The fourth-order valence-electron chi connectivity index (χ4n) is 1.41. The standard InChI is InChI=1S/C10H21N2O5P/c1-5-11-9(14)10(12(4)8-13)18(15,16-6-2)17-7-3/h8,10H,5-7H2,1-4H3,(H,11,14). The van der Waals surface area contributed by atoms with E-state index in [0.717, 1.165) is 4.90 Å². The van der Waals surface area contributed by atoms with Crippen molar-refractivity contribution >= 4 is 19.9 Å². The Labute approximate surface area is 107 Å². The van der Waals surface area contributed by atoms with E-state index < -0.39 is 19.3 Å². The monoisotopic (exact) mass is 280 g/mol.